The van der Waals surface area contributed by atoms with Gasteiger partial charge in [0, 0.05) is 29.8 Å². The lowest BCUT2D eigenvalue weighted by Crippen LogP contribution is -2.32. The van der Waals surface area contributed by atoms with E-state index in [-0.39, 0.29) is 47.7 Å². The number of nitrogens with one attached hydrogen (secondary N) is 1. The van der Waals surface area contributed by atoms with Gasteiger partial charge in [0.05, 0.1) is 11.5 Å². The summed E-state index contributed by atoms with van der Waals surface area (Å²) in [5.41, 5.74) is 0.504. The van der Waals surface area contributed by atoms with Gasteiger partial charge in [0.15, 0.2) is 5.69 Å². The Morgan fingerprint density at radius 3 is 2.52 bits per heavy atom. The Bertz CT molecular complexity index is 883. The number of nitro groups is 1. The van der Waals surface area contributed by atoms with Crippen LogP contribution in [-0.2, 0) is 6.54 Å². The van der Waals surface area contributed by atoms with Crippen LogP contribution in [0.2, 0.25) is 0 Å². The number of carbonyl (C=O) groups is 2. The monoisotopic (exact) mass is 370 g/mol. The highest BCUT2D eigenvalue weighted by atomic mass is 16.6. The number of amides is 2. The number of oxazole rings is 1. The third-order valence-corrected chi connectivity index (χ3v) is 4.58. The van der Waals surface area contributed by atoms with E-state index in [4.69, 9.17) is 4.42 Å². The zero-order valence-electron chi connectivity index (χ0n) is 14.5. The molecule has 2 aromatic rings. The average molecular weight is 370 g/mol. The van der Waals surface area contributed by atoms with Gasteiger partial charge in [-0.15, -0.1) is 0 Å². The average Bonchev–Trinajstić information content (AvgIpc) is 3.59. The summed E-state index contributed by atoms with van der Waals surface area (Å²) in [4.78, 5) is 40.9. The molecule has 0 aliphatic heterocycles. The Labute approximate surface area is 154 Å². The Hall–Kier alpha value is -3.23. The highest BCUT2D eigenvalue weighted by Crippen LogP contribution is 2.30. The molecule has 1 heterocycles. The minimum atomic E-state index is -0.506. The van der Waals surface area contributed by atoms with Crippen LogP contribution in [-0.4, -0.2) is 38.7 Å². The molecule has 27 heavy (non-hydrogen) atoms. The number of hydrogen-bond donors (Lipinski definition) is 1. The van der Waals surface area contributed by atoms with Gasteiger partial charge in [0.25, 0.3) is 17.5 Å². The van der Waals surface area contributed by atoms with Gasteiger partial charge in [0.1, 0.15) is 6.26 Å². The van der Waals surface area contributed by atoms with Crippen molar-refractivity contribution in [1.82, 2.24) is 15.2 Å². The minimum absolute atomic E-state index is 0.0662. The zero-order chi connectivity index (χ0) is 19.0. The van der Waals surface area contributed by atoms with Crippen molar-refractivity contribution in [1.29, 1.82) is 0 Å². The summed E-state index contributed by atoms with van der Waals surface area (Å²) in [7, 11) is 0. The molecule has 4 rings (SSSR count). The topological polar surface area (TPSA) is 119 Å². The number of carbonyl (C=O) groups excluding carboxylic acids is 2. The van der Waals surface area contributed by atoms with Gasteiger partial charge in [-0.05, 0) is 37.8 Å². The van der Waals surface area contributed by atoms with Crippen molar-refractivity contribution in [3.8, 4) is 0 Å². The Kier molecular flexibility index (Phi) is 4.35. The summed E-state index contributed by atoms with van der Waals surface area (Å²) in [6.07, 6.45) is 5.03. The fourth-order valence-corrected chi connectivity index (χ4v) is 2.77. The van der Waals surface area contributed by atoms with E-state index in [2.05, 4.69) is 10.3 Å². The van der Waals surface area contributed by atoms with Crippen molar-refractivity contribution in [3.05, 3.63) is 57.8 Å². The Morgan fingerprint density at radius 1 is 1.22 bits per heavy atom. The number of nitro benzene ring substituents is 1. The molecule has 0 radical (unpaired) electrons. The molecular formula is C18H18N4O5. The third-order valence-electron chi connectivity index (χ3n) is 4.58. The number of hydrogen-bond acceptors (Lipinski definition) is 6. The highest BCUT2D eigenvalue weighted by molar-refractivity contribution is 5.95. The maximum Gasteiger partial charge on any atom is 0.273 e. The summed E-state index contributed by atoms with van der Waals surface area (Å²) in [6, 6.07) is 5.82. The van der Waals surface area contributed by atoms with Crippen LogP contribution in [0.5, 0.6) is 0 Å². The van der Waals surface area contributed by atoms with E-state index in [1.165, 1.54) is 30.5 Å². The molecule has 140 valence electrons. The molecule has 2 aliphatic carbocycles. The second kappa shape index (κ2) is 6.82. The molecule has 2 amide bonds. The molecule has 1 aromatic carbocycles. The molecule has 0 saturated heterocycles. The van der Waals surface area contributed by atoms with E-state index >= 15 is 0 Å². The van der Waals surface area contributed by atoms with Gasteiger partial charge in [-0.1, -0.05) is 0 Å². The third kappa shape index (κ3) is 3.97. The molecule has 0 bridgehead atoms. The summed E-state index contributed by atoms with van der Waals surface area (Å²) >= 11 is 0. The van der Waals surface area contributed by atoms with E-state index in [9.17, 15) is 19.7 Å². The van der Waals surface area contributed by atoms with Gasteiger partial charge in [-0.3, -0.25) is 19.7 Å². The van der Waals surface area contributed by atoms with Crippen LogP contribution in [0, 0.1) is 10.1 Å². The lowest BCUT2D eigenvalue weighted by molar-refractivity contribution is -0.384. The maximum absolute atomic E-state index is 12.8. The predicted molar refractivity (Wildman–Crippen MR) is 93.0 cm³/mol. The quantitative estimate of drug-likeness (QED) is 0.590. The number of benzene rings is 1. The molecular weight excluding hydrogens is 352 g/mol. The Morgan fingerprint density at radius 2 is 1.93 bits per heavy atom. The summed E-state index contributed by atoms with van der Waals surface area (Å²) in [6.45, 7) is 0.150. The van der Waals surface area contributed by atoms with Gasteiger partial charge < -0.3 is 14.6 Å². The van der Waals surface area contributed by atoms with Crippen LogP contribution in [0.1, 0.15) is 52.4 Å². The van der Waals surface area contributed by atoms with E-state index in [1.807, 2.05) is 0 Å². The van der Waals surface area contributed by atoms with E-state index in [1.54, 1.807) is 4.90 Å². The number of non-ortho nitro benzene ring substituents is 1. The zero-order valence-corrected chi connectivity index (χ0v) is 14.5. The van der Waals surface area contributed by atoms with Crippen LogP contribution in [0.25, 0.3) is 0 Å². The van der Waals surface area contributed by atoms with Crippen molar-refractivity contribution in [2.75, 3.05) is 0 Å². The molecule has 9 nitrogen and oxygen atoms in total. The summed E-state index contributed by atoms with van der Waals surface area (Å²) in [5, 5.41) is 13.6. The summed E-state index contributed by atoms with van der Waals surface area (Å²) in [5.74, 6) is -0.222. The molecule has 0 spiro atoms. The molecule has 2 saturated carbocycles. The highest BCUT2D eigenvalue weighted by Gasteiger charge is 2.34. The fraction of sp³-hybridized carbons (Fsp3) is 0.389. The summed E-state index contributed by atoms with van der Waals surface area (Å²) < 4.78 is 5.38. The standard InChI is InChI=1S/C18H18N4O5/c23-17(19-12-3-4-12)15-10-27-16(20-15)9-21(13-7-8-13)18(24)11-1-5-14(6-2-11)22(25)26/h1-2,5-6,10,12-13H,3-4,7-9H2,(H,19,23). The molecule has 9 heteroatoms. The van der Waals surface area contributed by atoms with E-state index in [0.29, 0.717) is 5.56 Å². The molecule has 1 N–H and O–H groups in total. The number of rotatable bonds is 7. The van der Waals surface area contributed by atoms with Crippen molar-refractivity contribution in [2.24, 2.45) is 0 Å². The number of nitrogens with zero attached hydrogens (tertiary/aromatic N) is 3. The van der Waals surface area contributed by atoms with E-state index in [0.717, 1.165) is 25.7 Å². The van der Waals surface area contributed by atoms with Gasteiger partial charge in [-0.25, -0.2) is 4.98 Å². The van der Waals surface area contributed by atoms with Crippen LogP contribution in [0.3, 0.4) is 0 Å². The van der Waals surface area contributed by atoms with Crippen LogP contribution in [0.4, 0.5) is 5.69 Å². The first-order valence-corrected chi connectivity index (χ1v) is 8.82. The van der Waals surface area contributed by atoms with Crippen LogP contribution in [0.15, 0.2) is 34.9 Å². The van der Waals surface area contributed by atoms with Crippen molar-refractivity contribution < 1.29 is 18.9 Å². The molecule has 0 unspecified atom stereocenters. The molecule has 1 aromatic heterocycles. The van der Waals surface area contributed by atoms with Crippen molar-refractivity contribution in [2.45, 2.75) is 44.3 Å². The van der Waals surface area contributed by atoms with Crippen LogP contribution < -0.4 is 5.32 Å². The van der Waals surface area contributed by atoms with Crippen molar-refractivity contribution >= 4 is 17.5 Å². The molecule has 2 fully saturated rings. The second-order valence-electron chi connectivity index (χ2n) is 6.84. The largest absolute Gasteiger partial charge is 0.446 e. The molecule has 0 atom stereocenters. The lowest BCUT2D eigenvalue weighted by atomic mass is 10.2. The minimum Gasteiger partial charge on any atom is -0.446 e. The van der Waals surface area contributed by atoms with E-state index < -0.39 is 4.92 Å². The Balaban J connectivity index is 1.46. The normalized spacial score (nSPS) is 16.0. The fourth-order valence-electron chi connectivity index (χ4n) is 2.77. The van der Waals surface area contributed by atoms with Crippen LogP contribution >= 0.6 is 0 Å². The lowest BCUT2D eigenvalue weighted by Gasteiger charge is -2.20. The van der Waals surface area contributed by atoms with Crippen molar-refractivity contribution in [3.63, 3.8) is 0 Å². The van der Waals surface area contributed by atoms with Gasteiger partial charge >= 0.3 is 0 Å². The second-order valence-corrected chi connectivity index (χ2v) is 6.84. The molecule has 2 aliphatic rings. The van der Waals surface area contributed by atoms with Gasteiger partial charge in [0.2, 0.25) is 5.89 Å². The smallest absolute Gasteiger partial charge is 0.273 e. The van der Waals surface area contributed by atoms with Gasteiger partial charge in [-0.2, -0.15) is 0 Å². The number of aromatic nitrogens is 1. The first-order valence-electron chi connectivity index (χ1n) is 8.82. The maximum atomic E-state index is 12.8. The first kappa shape index (κ1) is 17.2. The SMILES string of the molecule is O=C(NC1CC1)c1coc(CN(C(=O)c2ccc([N+](=O)[O-])cc2)C2CC2)n1. The first-order chi connectivity index (χ1) is 13.0. The predicted octanol–water partition coefficient (Wildman–Crippen LogP) is 2.28.